The summed E-state index contributed by atoms with van der Waals surface area (Å²) in [7, 11) is 0. The van der Waals surface area contributed by atoms with E-state index in [-0.39, 0.29) is 35.0 Å². The third-order valence-electron chi connectivity index (χ3n) is 11.5. The Labute approximate surface area is 284 Å². The van der Waals surface area contributed by atoms with E-state index in [0.717, 1.165) is 105 Å². The fourth-order valence-electron chi connectivity index (χ4n) is 9.20. The van der Waals surface area contributed by atoms with Crippen molar-refractivity contribution in [3.05, 3.63) is 40.7 Å². The summed E-state index contributed by atoms with van der Waals surface area (Å²) < 4.78 is 7.51. The van der Waals surface area contributed by atoms with Gasteiger partial charge in [-0.05, 0) is 64.5 Å². The number of H-pyrrole nitrogens is 1. The van der Waals surface area contributed by atoms with Crippen molar-refractivity contribution in [3.8, 4) is 11.1 Å². The van der Waals surface area contributed by atoms with E-state index in [1.54, 1.807) is 0 Å². The highest BCUT2D eigenvalue weighted by Crippen LogP contribution is 2.56. The molecule has 1 unspecified atom stereocenters. The van der Waals surface area contributed by atoms with E-state index in [0.29, 0.717) is 22.6 Å². The second-order valence-electron chi connectivity index (χ2n) is 15.1. The Morgan fingerprint density at radius 2 is 1.94 bits per heavy atom. The van der Waals surface area contributed by atoms with Gasteiger partial charge in [-0.3, -0.25) is 24.4 Å². The lowest BCUT2D eigenvalue weighted by molar-refractivity contribution is -0.149. The smallest absolute Gasteiger partial charge is 0.410 e. The molecule has 5 aliphatic rings. The van der Waals surface area contributed by atoms with Crippen LogP contribution < -0.4 is 4.90 Å². The number of nitrogens with zero attached hydrogens (tertiary/aromatic N) is 7. The van der Waals surface area contributed by atoms with Crippen molar-refractivity contribution in [2.75, 3.05) is 57.3 Å². The lowest BCUT2D eigenvalue weighted by Gasteiger charge is -2.58. The van der Waals surface area contributed by atoms with Crippen molar-refractivity contribution >= 4 is 51.9 Å². The third-order valence-corrected chi connectivity index (χ3v) is 12.3. The number of benzene rings is 1. The van der Waals surface area contributed by atoms with Crippen LogP contribution in [0.4, 0.5) is 10.6 Å². The molecular formula is C34H42Cl2N8O3. The minimum absolute atomic E-state index is 0.00851. The van der Waals surface area contributed by atoms with Crippen LogP contribution in [0.1, 0.15) is 51.3 Å². The molecule has 4 aliphatic heterocycles. The normalized spacial score (nSPS) is 25.6. The number of hydrogen-bond donors (Lipinski definition) is 1. The number of piperazine rings is 1. The zero-order chi connectivity index (χ0) is 32.8. The molecule has 5 fully saturated rings. The van der Waals surface area contributed by atoms with Gasteiger partial charge >= 0.3 is 6.09 Å². The number of aromatic amines is 1. The number of aromatic nitrogens is 4. The highest BCUT2D eigenvalue weighted by atomic mass is 35.5. The molecule has 3 aromatic rings. The third kappa shape index (κ3) is 5.03. The Hall–Kier alpha value is -3.28. The van der Waals surface area contributed by atoms with Gasteiger partial charge in [0.1, 0.15) is 6.61 Å². The van der Waals surface area contributed by atoms with Crippen LogP contribution in [-0.4, -0.2) is 111 Å². The molecule has 250 valence electrons. The van der Waals surface area contributed by atoms with Crippen LogP contribution in [0.25, 0.3) is 22.0 Å². The number of hydrogen-bond acceptors (Lipinski definition) is 7. The number of piperidine rings is 1. The van der Waals surface area contributed by atoms with Gasteiger partial charge in [0.05, 0.1) is 33.8 Å². The van der Waals surface area contributed by atoms with Crippen molar-refractivity contribution < 1.29 is 14.3 Å². The molecule has 0 radical (unpaired) electrons. The molecule has 1 aromatic carbocycles. The molecule has 4 saturated heterocycles. The van der Waals surface area contributed by atoms with Crippen LogP contribution in [0.2, 0.25) is 10.0 Å². The Kier molecular flexibility index (Phi) is 7.35. The number of cyclic esters (lactones) is 1. The number of ether oxygens (including phenoxy) is 1. The number of carbonyl (C=O) groups is 2. The van der Waals surface area contributed by atoms with E-state index >= 15 is 0 Å². The number of fused-ring (bicyclic) bond motifs is 2. The molecule has 6 heterocycles. The first-order chi connectivity index (χ1) is 22.5. The minimum Gasteiger partial charge on any atom is -0.447 e. The zero-order valence-electron chi connectivity index (χ0n) is 27.3. The Balaban J connectivity index is 1.09. The monoisotopic (exact) mass is 680 g/mol. The summed E-state index contributed by atoms with van der Waals surface area (Å²) in [5.74, 6) is 1.47. The van der Waals surface area contributed by atoms with E-state index in [2.05, 4.69) is 52.0 Å². The summed E-state index contributed by atoms with van der Waals surface area (Å²) in [4.78, 5) is 32.9. The molecule has 0 bridgehead atoms. The fraction of sp³-hybridized carbons (Fsp3) is 0.588. The van der Waals surface area contributed by atoms with Crippen LogP contribution in [-0.2, 0) is 9.53 Å². The average molecular weight is 682 g/mol. The van der Waals surface area contributed by atoms with Crippen LogP contribution in [0.3, 0.4) is 0 Å². The maximum atomic E-state index is 12.1. The standard InChI is InChI=1S/C34H42Cl2N8O3/c1-5-27(45)41-18-34(19-41)12-22(13-34)44-20(2)28(29-24-14-37-38-26(24)10-25(35)30(29)36)31(39-44)43-7-6-21(11-33(43,3)4)15-40-8-9-42-23(16-40)17-47-32(42)46/h5,10,14,21-23H,1,6-9,11-13,15-19H2,2-4H3,(H,37,38)/t21-,23?/m1/s1. The first-order valence-corrected chi connectivity index (χ1v) is 17.5. The van der Waals surface area contributed by atoms with Crippen molar-refractivity contribution in [3.63, 3.8) is 0 Å². The molecule has 2 atom stereocenters. The number of rotatable bonds is 6. The number of carbonyl (C=O) groups excluding carboxylic acids is 2. The van der Waals surface area contributed by atoms with Gasteiger partial charge in [0, 0.05) is 79.0 Å². The molecular weight excluding hydrogens is 639 g/mol. The minimum atomic E-state index is -0.170. The predicted molar refractivity (Wildman–Crippen MR) is 182 cm³/mol. The number of halogens is 2. The van der Waals surface area contributed by atoms with Gasteiger partial charge in [0.15, 0.2) is 5.82 Å². The number of anilines is 1. The molecule has 13 heteroatoms. The van der Waals surface area contributed by atoms with Crippen LogP contribution >= 0.6 is 23.2 Å². The van der Waals surface area contributed by atoms with Gasteiger partial charge in [-0.15, -0.1) is 0 Å². The Bertz CT molecular complexity index is 1770. The lowest BCUT2D eigenvalue weighted by atomic mass is 9.60. The molecule has 1 spiro atoms. The first kappa shape index (κ1) is 31.0. The number of amides is 2. The quantitative estimate of drug-likeness (QED) is 0.342. The molecule has 1 N–H and O–H groups in total. The van der Waals surface area contributed by atoms with Gasteiger partial charge < -0.3 is 14.5 Å². The molecule has 47 heavy (non-hydrogen) atoms. The largest absolute Gasteiger partial charge is 0.447 e. The summed E-state index contributed by atoms with van der Waals surface area (Å²) in [6.45, 7) is 16.9. The molecule has 11 nitrogen and oxygen atoms in total. The first-order valence-electron chi connectivity index (χ1n) is 16.7. The van der Waals surface area contributed by atoms with E-state index in [1.807, 2.05) is 22.1 Å². The molecule has 1 aliphatic carbocycles. The summed E-state index contributed by atoms with van der Waals surface area (Å²) in [6, 6.07) is 2.24. The fourth-order valence-corrected chi connectivity index (χ4v) is 9.66. The molecule has 1 saturated carbocycles. The van der Waals surface area contributed by atoms with Crippen molar-refractivity contribution in [2.24, 2.45) is 11.3 Å². The van der Waals surface area contributed by atoms with Crippen LogP contribution in [0, 0.1) is 18.3 Å². The lowest BCUT2D eigenvalue weighted by Crippen LogP contribution is -2.63. The highest BCUT2D eigenvalue weighted by Gasteiger charge is 2.55. The predicted octanol–water partition coefficient (Wildman–Crippen LogP) is 5.52. The van der Waals surface area contributed by atoms with E-state index in [9.17, 15) is 9.59 Å². The van der Waals surface area contributed by atoms with Gasteiger partial charge in [0.25, 0.3) is 0 Å². The van der Waals surface area contributed by atoms with Crippen molar-refractivity contribution in [2.45, 2.75) is 64.1 Å². The van der Waals surface area contributed by atoms with Crippen molar-refractivity contribution in [1.82, 2.24) is 34.7 Å². The molecule has 8 rings (SSSR count). The van der Waals surface area contributed by atoms with Gasteiger partial charge in [-0.25, -0.2) is 4.79 Å². The maximum absolute atomic E-state index is 12.1. The summed E-state index contributed by atoms with van der Waals surface area (Å²) in [5.41, 5.74) is 3.77. The summed E-state index contributed by atoms with van der Waals surface area (Å²) in [6.07, 6.45) is 7.08. The maximum Gasteiger partial charge on any atom is 0.410 e. The average Bonchev–Trinajstić information content (AvgIpc) is 3.69. The van der Waals surface area contributed by atoms with Gasteiger partial charge in [-0.2, -0.15) is 10.2 Å². The topological polar surface area (TPSA) is 103 Å². The number of likely N-dealkylation sites (tertiary alicyclic amines) is 1. The Morgan fingerprint density at radius 3 is 2.68 bits per heavy atom. The number of nitrogens with one attached hydrogen (secondary N) is 1. The highest BCUT2D eigenvalue weighted by molar-refractivity contribution is 6.45. The summed E-state index contributed by atoms with van der Waals surface area (Å²) in [5, 5.41) is 14.8. The van der Waals surface area contributed by atoms with Crippen LogP contribution in [0.15, 0.2) is 24.9 Å². The van der Waals surface area contributed by atoms with Gasteiger partial charge in [-0.1, -0.05) is 29.8 Å². The van der Waals surface area contributed by atoms with Gasteiger partial charge in [0.2, 0.25) is 5.91 Å². The Morgan fingerprint density at radius 1 is 1.15 bits per heavy atom. The van der Waals surface area contributed by atoms with Crippen LogP contribution in [0.5, 0.6) is 0 Å². The van der Waals surface area contributed by atoms with Crippen molar-refractivity contribution in [1.29, 1.82) is 0 Å². The van der Waals surface area contributed by atoms with E-state index < -0.39 is 0 Å². The SMILES string of the molecule is C=CC(=O)N1CC2(CC(n3nc(N4CC[C@@H](CN5CCN6C(=O)OCC6C5)CC4(C)C)c(-c4c(Cl)c(Cl)cc5[nH]ncc45)c3C)C2)C1. The molecule has 2 amide bonds. The van der Waals surface area contributed by atoms with E-state index in [4.69, 9.17) is 33.0 Å². The zero-order valence-corrected chi connectivity index (χ0v) is 28.8. The second kappa shape index (κ2) is 11.1. The molecule has 2 aromatic heterocycles. The van der Waals surface area contributed by atoms with E-state index in [1.165, 1.54) is 6.08 Å². The second-order valence-corrected chi connectivity index (χ2v) is 15.9. The summed E-state index contributed by atoms with van der Waals surface area (Å²) >= 11 is 13.8.